The van der Waals surface area contributed by atoms with Crippen LogP contribution in [0.5, 0.6) is 0 Å². The van der Waals surface area contributed by atoms with Gasteiger partial charge in [-0.3, -0.25) is 4.79 Å². The number of anilines is 2. The van der Waals surface area contributed by atoms with Gasteiger partial charge >= 0.3 is 0 Å². The summed E-state index contributed by atoms with van der Waals surface area (Å²) in [6, 6.07) is 19.5. The molecule has 7 heteroatoms. The molecule has 0 spiro atoms. The van der Waals surface area contributed by atoms with Gasteiger partial charge in [0, 0.05) is 12.2 Å². The Morgan fingerprint density at radius 1 is 1.04 bits per heavy atom. The molecule has 0 saturated heterocycles. The van der Waals surface area contributed by atoms with E-state index in [9.17, 15) is 4.79 Å². The van der Waals surface area contributed by atoms with Crippen molar-refractivity contribution in [3.05, 3.63) is 76.9 Å². The van der Waals surface area contributed by atoms with Crippen molar-refractivity contribution in [2.75, 3.05) is 23.4 Å². The van der Waals surface area contributed by atoms with E-state index in [4.69, 9.17) is 11.6 Å². The van der Waals surface area contributed by atoms with Crippen LogP contribution < -0.4 is 10.6 Å². The normalized spacial score (nSPS) is 10.5. The second-order valence-corrected chi connectivity index (χ2v) is 7.19. The number of carbonyl (C=O) groups is 1. The minimum absolute atomic E-state index is 0.137. The molecule has 3 rings (SSSR count). The van der Waals surface area contributed by atoms with Crippen molar-refractivity contribution >= 4 is 40.8 Å². The van der Waals surface area contributed by atoms with Gasteiger partial charge in [-0.1, -0.05) is 71.9 Å². The molecule has 0 atom stereocenters. The second kappa shape index (κ2) is 10.1. The molecule has 144 valence electrons. The Hall–Kier alpha value is -2.57. The van der Waals surface area contributed by atoms with Crippen molar-refractivity contribution in [1.29, 1.82) is 0 Å². The van der Waals surface area contributed by atoms with Gasteiger partial charge in [-0.15, -0.1) is 0 Å². The number of rotatable bonds is 8. The molecule has 1 heterocycles. The van der Waals surface area contributed by atoms with E-state index < -0.39 is 0 Å². The Labute approximate surface area is 173 Å². The molecule has 1 aromatic heterocycles. The lowest BCUT2D eigenvalue weighted by Crippen LogP contribution is -2.18. The molecule has 2 N–H and O–H groups in total. The predicted molar refractivity (Wildman–Crippen MR) is 116 cm³/mol. The molecule has 0 unspecified atom stereocenters. The summed E-state index contributed by atoms with van der Waals surface area (Å²) in [7, 11) is 0. The minimum atomic E-state index is -0.339. The Morgan fingerprint density at radius 2 is 1.71 bits per heavy atom. The van der Waals surface area contributed by atoms with Gasteiger partial charge in [0.1, 0.15) is 16.5 Å². The highest BCUT2D eigenvalue weighted by atomic mass is 35.5. The van der Waals surface area contributed by atoms with Crippen LogP contribution in [-0.2, 0) is 6.42 Å². The molecule has 0 aliphatic carbocycles. The van der Waals surface area contributed by atoms with Gasteiger partial charge in [0.2, 0.25) is 0 Å². The van der Waals surface area contributed by atoms with Crippen LogP contribution in [0.15, 0.2) is 65.8 Å². The molecule has 0 saturated carbocycles. The van der Waals surface area contributed by atoms with E-state index in [1.54, 1.807) is 0 Å². The zero-order valence-corrected chi connectivity index (χ0v) is 17.1. The highest BCUT2D eigenvalue weighted by Gasteiger charge is 2.20. The van der Waals surface area contributed by atoms with Crippen LogP contribution in [0.1, 0.15) is 22.3 Å². The number of halogens is 1. The van der Waals surface area contributed by atoms with Gasteiger partial charge < -0.3 is 10.6 Å². The van der Waals surface area contributed by atoms with Crippen molar-refractivity contribution in [3.8, 4) is 0 Å². The smallest absolute Gasteiger partial charge is 0.262 e. The summed E-state index contributed by atoms with van der Waals surface area (Å²) in [4.78, 5) is 21.4. The van der Waals surface area contributed by atoms with Crippen molar-refractivity contribution in [1.82, 2.24) is 9.97 Å². The predicted octanol–water partition coefficient (Wildman–Crippen LogP) is 5.15. The monoisotopic (exact) mass is 412 g/mol. The fraction of sp³-hybridized carbons (Fsp3) is 0.190. The Bertz CT molecular complexity index is 922. The maximum atomic E-state index is 12.8. The highest BCUT2D eigenvalue weighted by Crippen LogP contribution is 2.25. The van der Waals surface area contributed by atoms with Crippen molar-refractivity contribution in [2.45, 2.75) is 18.0 Å². The van der Waals surface area contributed by atoms with Crippen LogP contribution in [0.25, 0.3) is 0 Å². The minimum Gasteiger partial charge on any atom is -0.369 e. The number of nitrogens with zero attached hydrogens (tertiary/aromatic N) is 2. The van der Waals surface area contributed by atoms with Crippen LogP contribution in [0.3, 0.4) is 0 Å². The van der Waals surface area contributed by atoms with Crippen molar-refractivity contribution < 1.29 is 4.79 Å². The van der Waals surface area contributed by atoms with Gasteiger partial charge in [-0.25, -0.2) is 9.97 Å². The first-order valence-corrected chi connectivity index (χ1v) is 10.5. The standard InChI is InChI=1S/C21H21ClN4OS/c1-28-21-25-18(22)17(20(27)24-16-12-6-3-7-13-16)19(26-21)23-14-8-11-15-9-4-2-5-10-15/h2-7,9-10,12-13H,8,11,14H2,1H3,(H,24,27)(H,23,25,26). The van der Waals surface area contributed by atoms with Crippen LogP contribution in [-0.4, -0.2) is 28.7 Å². The van der Waals surface area contributed by atoms with Crippen LogP contribution in [0.4, 0.5) is 11.5 Å². The number of aryl methyl sites for hydroxylation is 1. The number of hydrogen-bond acceptors (Lipinski definition) is 5. The first kappa shape index (κ1) is 20.2. The second-order valence-electron chi connectivity index (χ2n) is 6.06. The number of hydrogen-bond donors (Lipinski definition) is 2. The molecule has 0 bridgehead atoms. The van der Waals surface area contributed by atoms with Crippen LogP contribution in [0, 0.1) is 0 Å². The number of amides is 1. The molecule has 28 heavy (non-hydrogen) atoms. The topological polar surface area (TPSA) is 66.9 Å². The molecular weight excluding hydrogens is 392 g/mol. The van der Waals surface area contributed by atoms with Crippen LogP contribution in [0.2, 0.25) is 5.15 Å². The zero-order chi connectivity index (χ0) is 19.8. The van der Waals surface area contributed by atoms with E-state index in [1.165, 1.54) is 17.3 Å². The quantitative estimate of drug-likeness (QED) is 0.232. The van der Waals surface area contributed by atoms with Gasteiger partial charge in [-0.05, 0) is 36.8 Å². The Balaban J connectivity index is 1.72. The summed E-state index contributed by atoms with van der Waals surface area (Å²) in [6.45, 7) is 0.668. The molecule has 3 aromatic rings. The lowest BCUT2D eigenvalue weighted by Gasteiger charge is -2.13. The zero-order valence-electron chi connectivity index (χ0n) is 15.5. The molecule has 0 fully saturated rings. The maximum Gasteiger partial charge on any atom is 0.262 e. The van der Waals surface area contributed by atoms with Gasteiger partial charge in [0.15, 0.2) is 5.16 Å². The Kier molecular flexibility index (Phi) is 7.28. The number of carbonyl (C=O) groups excluding carboxylic acids is 1. The molecule has 2 aromatic carbocycles. The van der Waals surface area contributed by atoms with E-state index in [1.807, 2.05) is 54.8 Å². The van der Waals surface area contributed by atoms with E-state index in [0.29, 0.717) is 23.2 Å². The van der Waals surface area contributed by atoms with Crippen LogP contribution >= 0.6 is 23.4 Å². The third-order valence-electron chi connectivity index (χ3n) is 4.06. The van der Waals surface area contributed by atoms with E-state index in [2.05, 4.69) is 32.7 Å². The molecule has 0 radical (unpaired) electrons. The van der Waals surface area contributed by atoms with E-state index in [0.717, 1.165) is 12.8 Å². The largest absolute Gasteiger partial charge is 0.369 e. The number of benzene rings is 2. The summed E-state index contributed by atoms with van der Waals surface area (Å²) in [5.41, 5.74) is 2.22. The first-order valence-electron chi connectivity index (χ1n) is 8.93. The average molecular weight is 413 g/mol. The van der Waals surface area contributed by atoms with E-state index >= 15 is 0 Å². The third-order valence-corrected chi connectivity index (χ3v) is 4.88. The SMILES string of the molecule is CSc1nc(Cl)c(C(=O)Nc2ccccc2)c(NCCCc2ccccc2)n1. The fourth-order valence-electron chi connectivity index (χ4n) is 2.69. The lowest BCUT2D eigenvalue weighted by atomic mass is 10.1. The molecular formula is C21H21ClN4OS. The molecule has 1 amide bonds. The third kappa shape index (κ3) is 5.47. The first-order chi connectivity index (χ1) is 13.7. The molecule has 5 nitrogen and oxygen atoms in total. The summed E-state index contributed by atoms with van der Waals surface area (Å²) in [5.74, 6) is 0.111. The summed E-state index contributed by atoms with van der Waals surface area (Å²) in [6.07, 6.45) is 3.71. The molecule has 0 aliphatic heterocycles. The number of thioether (sulfide) groups is 1. The maximum absolute atomic E-state index is 12.8. The lowest BCUT2D eigenvalue weighted by molar-refractivity contribution is 0.102. The van der Waals surface area contributed by atoms with Gasteiger partial charge in [0.05, 0.1) is 0 Å². The van der Waals surface area contributed by atoms with Gasteiger partial charge in [0.25, 0.3) is 5.91 Å². The number of aromatic nitrogens is 2. The van der Waals surface area contributed by atoms with Crippen molar-refractivity contribution in [3.63, 3.8) is 0 Å². The summed E-state index contributed by atoms with van der Waals surface area (Å²) in [5, 5.41) is 6.76. The molecule has 0 aliphatic rings. The summed E-state index contributed by atoms with van der Waals surface area (Å²) < 4.78 is 0. The average Bonchev–Trinajstić information content (AvgIpc) is 2.72. The summed E-state index contributed by atoms with van der Waals surface area (Å²) >= 11 is 7.70. The fourth-order valence-corrected chi connectivity index (χ4v) is 3.36. The number of para-hydroxylation sites is 1. The van der Waals surface area contributed by atoms with Gasteiger partial charge in [-0.2, -0.15) is 0 Å². The Morgan fingerprint density at radius 3 is 2.39 bits per heavy atom. The highest BCUT2D eigenvalue weighted by molar-refractivity contribution is 7.98. The number of nitrogens with one attached hydrogen (secondary N) is 2. The van der Waals surface area contributed by atoms with E-state index in [-0.39, 0.29) is 16.6 Å². The van der Waals surface area contributed by atoms with Crippen molar-refractivity contribution in [2.24, 2.45) is 0 Å².